The summed E-state index contributed by atoms with van der Waals surface area (Å²) in [5.74, 6) is 2.20. The van der Waals surface area contributed by atoms with Crippen molar-refractivity contribution in [3.05, 3.63) is 71.9 Å². The van der Waals surface area contributed by atoms with Crippen molar-refractivity contribution in [1.29, 1.82) is 0 Å². The summed E-state index contributed by atoms with van der Waals surface area (Å²) in [6, 6.07) is 19.1. The molecule has 0 unspecified atom stereocenters. The molecule has 2 aromatic carbocycles. The molecule has 2 aromatic heterocycles. The van der Waals surface area contributed by atoms with Gasteiger partial charge in [-0.2, -0.15) is 0 Å². The Hall–Kier alpha value is -3.67. The molecule has 0 atom stereocenters. The molecule has 0 spiro atoms. The van der Waals surface area contributed by atoms with E-state index in [2.05, 4.69) is 15.0 Å². The van der Waals surface area contributed by atoms with Crippen molar-refractivity contribution in [2.45, 2.75) is 12.8 Å². The SMILES string of the molecule is O=C(Cc1ccc2c(c1)OCO2)Cc1cccc(-c2nc3ccccc3[nH]2)n1. The second-order valence-electron chi connectivity index (χ2n) is 6.70. The fourth-order valence-corrected chi connectivity index (χ4v) is 3.33. The number of nitrogens with zero attached hydrogens (tertiary/aromatic N) is 2. The minimum absolute atomic E-state index is 0.0909. The van der Waals surface area contributed by atoms with Gasteiger partial charge in [0.1, 0.15) is 11.5 Å². The normalized spacial score (nSPS) is 12.4. The van der Waals surface area contributed by atoms with Crippen LogP contribution >= 0.6 is 0 Å². The van der Waals surface area contributed by atoms with Gasteiger partial charge >= 0.3 is 0 Å². The summed E-state index contributed by atoms with van der Waals surface area (Å²) in [7, 11) is 0. The third-order valence-electron chi connectivity index (χ3n) is 4.66. The number of carbonyl (C=O) groups is 1. The lowest BCUT2D eigenvalue weighted by atomic mass is 10.0. The van der Waals surface area contributed by atoms with E-state index in [1.165, 1.54) is 0 Å². The number of Topliss-reactive ketones (excluding diaryl/α,β-unsaturated/α-hetero) is 1. The predicted molar refractivity (Wildman–Crippen MR) is 104 cm³/mol. The van der Waals surface area contributed by atoms with Crippen molar-refractivity contribution in [3.63, 3.8) is 0 Å². The molecule has 28 heavy (non-hydrogen) atoms. The molecule has 0 saturated heterocycles. The third kappa shape index (κ3) is 3.20. The molecule has 0 amide bonds. The zero-order valence-corrected chi connectivity index (χ0v) is 15.0. The van der Waals surface area contributed by atoms with Crippen LogP contribution in [0.3, 0.4) is 0 Å². The molecule has 0 saturated carbocycles. The molecule has 5 rings (SSSR count). The van der Waals surface area contributed by atoms with E-state index < -0.39 is 0 Å². The maximum Gasteiger partial charge on any atom is 0.231 e. The van der Waals surface area contributed by atoms with Crippen LogP contribution in [0.1, 0.15) is 11.3 Å². The Bertz CT molecular complexity index is 1150. The summed E-state index contributed by atoms with van der Waals surface area (Å²) >= 11 is 0. The van der Waals surface area contributed by atoms with E-state index in [0.717, 1.165) is 33.7 Å². The Balaban J connectivity index is 1.32. The van der Waals surface area contributed by atoms with Crippen LogP contribution in [0.25, 0.3) is 22.6 Å². The number of hydrogen-bond donors (Lipinski definition) is 1. The molecule has 1 N–H and O–H groups in total. The van der Waals surface area contributed by atoms with Gasteiger partial charge in [-0.05, 0) is 42.0 Å². The van der Waals surface area contributed by atoms with E-state index in [9.17, 15) is 4.79 Å². The van der Waals surface area contributed by atoms with Gasteiger partial charge in [-0.15, -0.1) is 0 Å². The number of aromatic amines is 1. The average Bonchev–Trinajstić information content (AvgIpc) is 3.34. The molecule has 4 aromatic rings. The van der Waals surface area contributed by atoms with Gasteiger partial charge in [0.2, 0.25) is 6.79 Å². The lowest BCUT2D eigenvalue weighted by Crippen LogP contribution is -2.08. The van der Waals surface area contributed by atoms with Crippen LogP contribution in [0.5, 0.6) is 11.5 Å². The monoisotopic (exact) mass is 371 g/mol. The van der Waals surface area contributed by atoms with E-state index in [-0.39, 0.29) is 19.0 Å². The van der Waals surface area contributed by atoms with Crippen molar-refractivity contribution in [1.82, 2.24) is 15.0 Å². The van der Waals surface area contributed by atoms with Crippen LogP contribution < -0.4 is 9.47 Å². The first-order valence-electron chi connectivity index (χ1n) is 9.06. The van der Waals surface area contributed by atoms with Crippen molar-refractivity contribution in [3.8, 4) is 23.0 Å². The van der Waals surface area contributed by atoms with Gasteiger partial charge in [0, 0.05) is 18.5 Å². The van der Waals surface area contributed by atoms with E-state index in [1.807, 2.05) is 60.7 Å². The summed E-state index contributed by atoms with van der Waals surface area (Å²) in [4.78, 5) is 25.0. The number of pyridine rings is 1. The molecule has 6 heteroatoms. The molecule has 6 nitrogen and oxygen atoms in total. The van der Waals surface area contributed by atoms with E-state index in [0.29, 0.717) is 18.0 Å². The van der Waals surface area contributed by atoms with Crippen LogP contribution in [0.2, 0.25) is 0 Å². The molecule has 0 radical (unpaired) electrons. The second kappa shape index (κ2) is 6.81. The highest BCUT2D eigenvalue weighted by molar-refractivity contribution is 5.83. The maximum atomic E-state index is 12.5. The van der Waals surface area contributed by atoms with Gasteiger partial charge in [-0.3, -0.25) is 4.79 Å². The predicted octanol–water partition coefficient (Wildman–Crippen LogP) is 3.71. The Labute approximate surface area is 161 Å². The minimum Gasteiger partial charge on any atom is -0.454 e. The highest BCUT2D eigenvalue weighted by atomic mass is 16.7. The van der Waals surface area contributed by atoms with Crippen LogP contribution in [-0.2, 0) is 17.6 Å². The largest absolute Gasteiger partial charge is 0.454 e. The summed E-state index contributed by atoms with van der Waals surface area (Å²) in [5.41, 5.74) is 4.21. The summed E-state index contributed by atoms with van der Waals surface area (Å²) in [6.45, 7) is 0.227. The van der Waals surface area contributed by atoms with E-state index in [4.69, 9.17) is 9.47 Å². The van der Waals surface area contributed by atoms with Gasteiger partial charge < -0.3 is 14.5 Å². The molecule has 0 bridgehead atoms. The van der Waals surface area contributed by atoms with Gasteiger partial charge in [-0.1, -0.05) is 24.3 Å². The zero-order chi connectivity index (χ0) is 18.9. The molecule has 0 aliphatic carbocycles. The van der Waals surface area contributed by atoms with Crippen LogP contribution in [-0.4, -0.2) is 27.5 Å². The number of benzene rings is 2. The van der Waals surface area contributed by atoms with E-state index in [1.54, 1.807) is 0 Å². The number of H-pyrrole nitrogens is 1. The van der Waals surface area contributed by atoms with Crippen LogP contribution in [0.4, 0.5) is 0 Å². The summed E-state index contributed by atoms with van der Waals surface area (Å²) < 4.78 is 10.7. The fraction of sp³-hybridized carbons (Fsp3) is 0.136. The summed E-state index contributed by atoms with van der Waals surface area (Å²) in [6.07, 6.45) is 0.593. The molecule has 138 valence electrons. The first-order valence-corrected chi connectivity index (χ1v) is 9.06. The van der Waals surface area contributed by atoms with Crippen molar-refractivity contribution >= 4 is 16.8 Å². The Morgan fingerprint density at radius 3 is 2.75 bits per heavy atom. The zero-order valence-electron chi connectivity index (χ0n) is 15.0. The first-order chi connectivity index (χ1) is 13.7. The number of imidazole rings is 1. The van der Waals surface area contributed by atoms with Crippen molar-refractivity contribution < 1.29 is 14.3 Å². The van der Waals surface area contributed by atoms with Gasteiger partial charge in [-0.25, -0.2) is 9.97 Å². The molecule has 0 fully saturated rings. The quantitative estimate of drug-likeness (QED) is 0.579. The van der Waals surface area contributed by atoms with Crippen LogP contribution in [0.15, 0.2) is 60.7 Å². The van der Waals surface area contributed by atoms with Gasteiger partial charge in [0.15, 0.2) is 17.3 Å². The van der Waals surface area contributed by atoms with Crippen molar-refractivity contribution in [2.75, 3.05) is 6.79 Å². The first kappa shape index (κ1) is 16.5. The lowest BCUT2D eigenvalue weighted by molar-refractivity contribution is -0.117. The Morgan fingerprint density at radius 2 is 1.82 bits per heavy atom. The fourth-order valence-electron chi connectivity index (χ4n) is 3.33. The number of aromatic nitrogens is 3. The molecular formula is C22H17N3O3. The third-order valence-corrected chi connectivity index (χ3v) is 4.66. The lowest BCUT2D eigenvalue weighted by Gasteiger charge is -2.04. The number of fused-ring (bicyclic) bond motifs is 2. The smallest absolute Gasteiger partial charge is 0.231 e. The Kier molecular flexibility index (Phi) is 4.01. The number of hydrogen-bond acceptors (Lipinski definition) is 5. The van der Waals surface area contributed by atoms with Crippen molar-refractivity contribution in [2.24, 2.45) is 0 Å². The molecular weight excluding hydrogens is 354 g/mol. The molecule has 1 aliphatic rings. The van der Waals surface area contributed by atoms with Gasteiger partial charge in [0.25, 0.3) is 0 Å². The number of para-hydroxylation sites is 2. The number of carbonyl (C=O) groups excluding carboxylic acids is 1. The Morgan fingerprint density at radius 1 is 0.929 bits per heavy atom. The molecule has 1 aliphatic heterocycles. The number of ketones is 1. The maximum absolute atomic E-state index is 12.5. The van der Waals surface area contributed by atoms with Crippen LogP contribution in [0, 0.1) is 0 Å². The number of rotatable bonds is 5. The highest BCUT2D eigenvalue weighted by Crippen LogP contribution is 2.32. The minimum atomic E-state index is 0.0909. The van der Waals surface area contributed by atoms with Gasteiger partial charge in [0.05, 0.1) is 11.0 Å². The molecule has 3 heterocycles. The number of ether oxygens (including phenoxy) is 2. The summed E-state index contributed by atoms with van der Waals surface area (Å²) in [5, 5.41) is 0. The highest BCUT2D eigenvalue weighted by Gasteiger charge is 2.15. The average molecular weight is 371 g/mol. The topological polar surface area (TPSA) is 77.1 Å². The second-order valence-corrected chi connectivity index (χ2v) is 6.70. The van der Waals surface area contributed by atoms with E-state index >= 15 is 0 Å². The standard InChI is InChI=1S/C22H17N3O3/c26-16(10-14-8-9-20-21(11-14)28-13-27-20)12-15-4-3-7-19(23-15)22-24-17-5-1-2-6-18(17)25-22/h1-9,11H,10,12-13H2,(H,24,25). The number of nitrogens with one attached hydrogen (secondary N) is 1.